The van der Waals surface area contributed by atoms with Crippen molar-refractivity contribution in [2.45, 2.75) is 38.1 Å². The van der Waals surface area contributed by atoms with Gasteiger partial charge in [-0.25, -0.2) is 4.79 Å². The molecule has 22 heavy (non-hydrogen) atoms. The summed E-state index contributed by atoms with van der Waals surface area (Å²) in [5.41, 5.74) is 2.45. The number of nitrogens with zero attached hydrogens (tertiary/aromatic N) is 1. The van der Waals surface area contributed by atoms with E-state index in [-0.39, 0.29) is 5.97 Å². The molecule has 3 heteroatoms. The molecule has 1 saturated heterocycles. The first-order chi connectivity index (χ1) is 10.8. The number of ether oxygens (including phenoxy) is 1. The number of hydrogen-bond acceptors (Lipinski definition) is 3. The van der Waals surface area contributed by atoms with Crippen molar-refractivity contribution in [3.63, 3.8) is 0 Å². The topological polar surface area (TPSA) is 29.5 Å². The molecule has 3 rings (SSSR count). The van der Waals surface area contributed by atoms with Crippen LogP contribution in [0.15, 0.2) is 30.3 Å². The molecule has 1 saturated carbocycles. The number of benzene rings is 1. The maximum absolute atomic E-state index is 11.1. The average molecular weight is 299 g/mol. The minimum absolute atomic E-state index is 0.313. The summed E-state index contributed by atoms with van der Waals surface area (Å²) >= 11 is 0. The van der Waals surface area contributed by atoms with Crippen LogP contribution in [0.5, 0.6) is 0 Å². The van der Waals surface area contributed by atoms with Gasteiger partial charge >= 0.3 is 5.97 Å². The van der Waals surface area contributed by atoms with E-state index in [0.29, 0.717) is 6.04 Å². The minimum Gasteiger partial charge on any atom is -0.466 e. The Hall–Kier alpha value is -1.61. The highest BCUT2D eigenvalue weighted by atomic mass is 16.5. The number of hydrogen-bond donors (Lipinski definition) is 0. The zero-order valence-corrected chi connectivity index (χ0v) is 13.3. The molecule has 1 atom stereocenters. The van der Waals surface area contributed by atoms with Crippen molar-refractivity contribution in [3.05, 3.63) is 41.5 Å². The molecular weight excluding hydrogens is 274 g/mol. The molecule has 1 heterocycles. The van der Waals surface area contributed by atoms with E-state index >= 15 is 0 Å². The van der Waals surface area contributed by atoms with Gasteiger partial charge in [0.15, 0.2) is 0 Å². The quantitative estimate of drug-likeness (QED) is 0.611. The maximum atomic E-state index is 11.1. The Morgan fingerprint density at radius 3 is 2.64 bits per heavy atom. The van der Waals surface area contributed by atoms with Crippen LogP contribution in [0, 0.1) is 5.92 Å². The van der Waals surface area contributed by atoms with Crippen LogP contribution >= 0.6 is 0 Å². The lowest BCUT2D eigenvalue weighted by Gasteiger charge is -2.33. The van der Waals surface area contributed by atoms with Crippen LogP contribution < -0.4 is 0 Å². The second-order valence-electron chi connectivity index (χ2n) is 6.47. The number of carbonyl (C=O) groups excluding carboxylic acids is 1. The zero-order valence-electron chi connectivity index (χ0n) is 13.3. The molecule has 2 fully saturated rings. The highest BCUT2D eigenvalue weighted by molar-refractivity contribution is 5.86. The third-order valence-corrected chi connectivity index (χ3v) is 5.02. The summed E-state index contributed by atoms with van der Waals surface area (Å²) in [6.07, 6.45) is 10.1. The lowest BCUT2D eigenvalue weighted by Crippen LogP contribution is -2.32. The predicted octanol–water partition coefficient (Wildman–Crippen LogP) is 3.81. The molecule has 0 amide bonds. The van der Waals surface area contributed by atoms with Crippen molar-refractivity contribution in [3.8, 4) is 0 Å². The van der Waals surface area contributed by atoms with Crippen LogP contribution in [-0.4, -0.2) is 31.1 Å². The minimum atomic E-state index is -0.313. The van der Waals surface area contributed by atoms with Crippen molar-refractivity contribution < 1.29 is 9.53 Å². The fourth-order valence-electron chi connectivity index (χ4n) is 3.49. The first kappa shape index (κ1) is 15.3. The third kappa shape index (κ3) is 3.58. The summed E-state index contributed by atoms with van der Waals surface area (Å²) < 4.78 is 4.61. The summed E-state index contributed by atoms with van der Waals surface area (Å²) in [4.78, 5) is 13.8. The Kier molecular flexibility index (Phi) is 4.94. The summed E-state index contributed by atoms with van der Waals surface area (Å²) in [5, 5.41) is 0. The highest BCUT2D eigenvalue weighted by Gasteiger charge is 2.29. The number of likely N-dealkylation sites (tertiary alicyclic amines) is 1. The molecule has 0 N–H and O–H groups in total. The van der Waals surface area contributed by atoms with Gasteiger partial charge in [0, 0.05) is 18.7 Å². The van der Waals surface area contributed by atoms with Gasteiger partial charge in [0.2, 0.25) is 0 Å². The average Bonchev–Trinajstić information content (AvgIpc) is 2.97. The van der Waals surface area contributed by atoms with Gasteiger partial charge in [-0.15, -0.1) is 0 Å². The van der Waals surface area contributed by atoms with E-state index in [9.17, 15) is 4.79 Å². The van der Waals surface area contributed by atoms with Gasteiger partial charge in [0.25, 0.3) is 0 Å². The molecule has 1 aromatic rings. The normalized spacial score (nSPS) is 22.9. The second-order valence-corrected chi connectivity index (χ2v) is 6.47. The molecular formula is C19H25NO2. The Labute approximate surface area is 133 Å². The van der Waals surface area contributed by atoms with E-state index in [1.54, 1.807) is 6.08 Å². The molecule has 0 radical (unpaired) electrons. The van der Waals surface area contributed by atoms with Crippen LogP contribution in [0.3, 0.4) is 0 Å². The van der Waals surface area contributed by atoms with Gasteiger partial charge in [-0.05, 0) is 55.3 Å². The van der Waals surface area contributed by atoms with Crippen molar-refractivity contribution in [2.75, 3.05) is 20.2 Å². The summed E-state index contributed by atoms with van der Waals surface area (Å²) in [6, 6.07) is 9.18. The number of carbonyl (C=O) groups is 1. The van der Waals surface area contributed by atoms with Crippen molar-refractivity contribution >= 4 is 12.0 Å². The van der Waals surface area contributed by atoms with Gasteiger partial charge in [0.1, 0.15) is 0 Å². The van der Waals surface area contributed by atoms with Crippen LogP contribution in [0.1, 0.15) is 49.3 Å². The van der Waals surface area contributed by atoms with Crippen LogP contribution in [0.4, 0.5) is 0 Å². The van der Waals surface area contributed by atoms with Gasteiger partial charge in [-0.3, -0.25) is 4.90 Å². The fourth-order valence-corrected chi connectivity index (χ4v) is 3.49. The zero-order chi connectivity index (χ0) is 15.4. The van der Waals surface area contributed by atoms with E-state index < -0.39 is 0 Å². The predicted molar refractivity (Wildman–Crippen MR) is 88.4 cm³/mol. The highest BCUT2D eigenvalue weighted by Crippen LogP contribution is 2.36. The molecule has 0 bridgehead atoms. The Morgan fingerprint density at radius 1 is 1.23 bits per heavy atom. The first-order valence-electron chi connectivity index (χ1n) is 8.36. The number of rotatable bonds is 5. The Bertz CT molecular complexity index is 531. The maximum Gasteiger partial charge on any atom is 0.330 e. The lowest BCUT2D eigenvalue weighted by molar-refractivity contribution is -0.134. The molecule has 1 aromatic carbocycles. The number of methoxy groups -OCH3 is 1. The van der Waals surface area contributed by atoms with E-state index in [1.165, 1.54) is 63.9 Å². The molecule has 0 unspecified atom stereocenters. The third-order valence-electron chi connectivity index (χ3n) is 5.02. The van der Waals surface area contributed by atoms with Crippen LogP contribution in [0.2, 0.25) is 0 Å². The van der Waals surface area contributed by atoms with Crippen molar-refractivity contribution in [2.24, 2.45) is 5.92 Å². The molecule has 0 aromatic heterocycles. The second kappa shape index (κ2) is 7.10. The van der Waals surface area contributed by atoms with Crippen LogP contribution in [-0.2, 0) is 9.53 Å². The molecule has 3 nitrogen and oxygen atoms in total. The van der Waals surface area contributed by atoms with Crippen molar-refractivity contribution in [1.82, 2.24) is 4.90 Å². The summed E-state index contributed by atoms with van der Waals surface area (Å²) in [6.45, 7) is 2.51. The van der Waals surface area contributed by atoms with Gasteiger partial charge < -0.3 is 4.74 Å². The molecule has 1 aliphatic heterocycles. The van der Waals surface area contributed by atoms with Gasteiger partial charge in [-0.1, -0.05) is 30.7 Å². The first-order valence-corrected chi connectivity index (χ1v) is 8.36. The van der Waals surface area contributed by atoms with Crippen molar-refractivity contribution in [1.29, 1.82) is 0 Å². The van der Waals surface area contributed by atoms with Gasteiger partial charge in [-0.2, -0.15) is 0 Å². The monoisotopic (exact) mass is 299 g/mol. The summed E-state index contributed by atoms with van der Waals surface area (Å²) in [5.74, 6) is 0.620. The van der Waals surface area contributed by atoms with Crippen LogP contribution in [0.25, 0.3) is 6.08 Å². The lowest BCUT2D eigenvalue weighted by atomic mass is 9.85. The Morgan fingerprint density at radius 2 is 2.00 bits per heavy atom. The van der Waals surface area contributed by atoms with E-state index in [0.717, 1.165) is 11.5 Å². The molecule has 2 aliphatic rings. The number of esters is 1. The fraction of sp³-hybridized carbons (Fsp3) is 0.526. The molecule has 1 aliphatic carbocycles. The van der Waals surface area contributed by atoms with E-state index in [1.807, 2.05) is 0 Å². The Balaban J connectivity index is 1.63. The largest absolute Gasteiger partial charge is 0.466 e. The molecule has 118 valence electrons. The van der Waals surface area contributed by atoms with E-state index in [4.69, 9.17) is 0 Å². The summed E-state index contributed by atoms with van der Waals surface area (Å²) in [7, 11) is 1.40. The van der Waals surface area contributed by atoms with E-state index in [2.05, 4.69) is 33.9 Å². The smallest absolute Gasteiger partial charge is 0.330 e. The van der Waals surface area contributed by atoms with Gasteiger partial charge in [0.05, 0.1) is 7.11 Å². The molecule has 0 spiro atoms. The SMILES string of the molecule is COC(=O)/C=C/c1ccc([C@@H]2CCCN2CC2CCC2)cc1. The standard InChI is InChI=1S/C19H25NO2/c1-22-19(21)12-9-15-7-10-17(11-8-15)18-6-3-13-20(18)14-16-4-2-5-16/h7-12,16,18H,2-6,13-14H2,1H3/b12-9+/t18-/m0/s1.